The second-order valence-electron chi connectivity index (χ2n) is 9.16. The summed E-state index contributed by atoms with van der Waals surface area (Å²) in [6.45, 7) is 6.58. The molecule has 200 valence electrons. The lowest BCUT2D eigenvalue weighted by molar-refractivity contribution is 0.395. The molecule has 0 radical (unpaired) electrons. The zero-order chi connectivity index (χ0) is 27.3. The van der Waals surface area contributed by atoms with E-state index in [1.165, 1.54) is 15.1 Å². The molecule has 4 aromatic rings. The minimum absolute atomic E-state index is 0.0287. The number of nitrogens with one attached hydrogen (secondary N) is 1. The molecule has 0 aliphatic carbocycles. The molecule has 1 heterocycles. The van der Waals surface area contributed by atoms with Crippen LogP contribution in [0, 0.1) is 6.92 Å². The summed E-state index contributed by atoms with van der Waals surface area (Å²) in [6, 6.07) is 17.2. The number of benzene rings is 3. The first-order valence-corrected chi connectivity index (χ1v) is 14.3. The number of aromatic hydroxyl groups is 1. The Morgan fingerprint density at radius 3 is 2.11 bits per heavy atom. The minimum Gasteiger partial charge on any atom is -0.506 e. The molecule has 0 amide bonds. The van der Waals surface area contributed by atoms with E-state index < -0.39 is 10.0 Å². The van der Waals surface area contributed by atoms with Crippen LogP contribution in [-0.2, 0) is 10.0 Å². The van der Waals surface area contributed by atoms with Crippen LogP contribution in [0.2, 0.25) is 0 Å². The zero-order valence-corrected chi connectivity index (χ0v) is 22.7. The molecular weight excluding hydrogens is 502 g/mol. The van der Waals surface area contributed by atoms with Gasteiger partial charge < -0.3 is 5.11 Å². The SMILES string of the molecule is CCCCN(CCCC)S(=O)(=O)c1cc(O)c(N=Nc2c(C)[nH]n(-c3ccccc3)c2=O)c2ccccc12. The van der Waals surface area contributed by atoms with Crippen molar-refractivity contribution >= 4 is 32.2 Å². The molecule has 0 aliphatic rings. The quantitative estimate of drug-likeness (QED) is 0.218. The summed E-state index contributed by atoms with van der Waals surface area (Å²) >= 11 is 0. The van der Waals surface area contributed by atoms with Crippen LogP contribution in [0.5, 0.6) is 5.75 Å². The van der Waals surface area contributed by atoms with Gasteiger partial charge in [-0.3, -0.25) is 9.89 Å². The maximum Gasteiger partial charge on any atom is 0.299 e. The molecule has 10 heteroatoms. The van der Waals surface area contributed by atoms with Crippen LogP contribution in [0.15, 0.2) is 80.6 Å². The number of aryl methyl sites for hydroxylation is 1. The van der Waals surface area contributed by atoms with Crippen LogP contribution >= 0.6 is 0 Å². The Bertz CT molecular complexity index is 1600. The molecule has 0 unspecified atom stereocenters. The predicted molar refractivity (Wildman–Crippen MR) is 149 cm³/mol. The van der Waals surface area contributed by atoms with Gasteiger partial charge >= 0.3 is 0 Å². The zero-order valence-electron chi connectivity index (χ0n) is 21.9. The molecule has 0 saturated carbocycles. The molecule has 0 aliphatic heterocycles. The van der Waals surface area contributed by atoms with Crippen molar-refractivity contribution in [2.24, 2.45) is 10.2 Å². The van der Waals surface area contributed by atoms with Crippen LogP contribution in [0.1, 0.15) is 45.2 Å². The lowest BCUT2D eigenvalue weighted by Gasteiger charge is -2.23. The molecule has 3 aromatic carbocycles. The molecule has 0 spiro atoms. The average molecular weight is 536 g/mol. The summed E-state index contributed by atoms with van der Waals surface area (Å²) < 4.78 is 30.4. The van der Waals surface area contributed by atoms with E-state index in [1.807, 2.05) is 32.0 Å². The Hall–Kier alpha value is -3.76. The Morgan fingerprint density at radius 2 is 1.47 bits per heavy atom. The van der Waals surface area contributed by atoms with Gasteiger partial charge in [-0.2, -0.15) is 4.31 Å². The van der Waals surface area contributed by atoms with Crippen molar-refractivity contribution in [1.29, 1.82) is 0 Å². The van der Waals surface area contributed by atoms with Crippen molar-refractivity contribution in [2.75, 3.05) is 13.1 Å². The molecule has 9 nitrogen and oxygen atoms in total. The van der Waals surface area contributed by atoms with Gasteiger partial charge in [0.1, 0.15) is 11.4 Å². The second-order valence-corrected chi connectivity index (χ2v) is 11.1. The highest BCUT2D eigenvalue weighted by Crippen LogP contribution is 2.40. The molecule has 0 fully saturated rings. The third-order valence-electron chi connectivity index (χ3n) is 6.40. The van der Waals surface area contributed by atoms with E-state index in [-0.39, 0.29) is 27.6 Å². The number of fused-ring (bicyclic) bond motifs is 1. The van der Waals surface area contributed by atoms with E-state index >= 15 is 0 Å². The summed E-state index contributed by atoms with van der Waals surface area (Å²) in [5.41, 5.74) is 0.968. The normalized spacial score (nSPS) is 12.2. The number of azo groups is 1. The van der Waals surface area contributed by atoms with Gasteiger partial charge in [-0.15, -0.1) is 10.2 Å². The van der Waals surface area contributed by atoms with Crippen molar-refractivity contribution in [3.63, 3.8) is 0 Å². The van der Waals surface area contributed by atoms with Crippen LogP contribution in [-0.4, -0.2) is 40.7 Å². The maximum atomic E-state index is 13.7. The topological polar surface area (TPSA) is 120 Å². The number of hydrogen-bond acceptors (Lipinski definition) is 6. The van der Waals surface area contributed by atoms with Crippen molar-refractivity contribution in [3.8, 4) is 11.4 Å². The number of aromatic nitrogens is 2. The van der Waals surface area contributed by atoms with Gasteiger partial charge in [-0.25, -0.2) is 13.1 Å². The van der Waals surface area contributed by atoms with Crippen molar-refractivity contribution < 1.29 is 13.5 Å². The average Bonchev–Trinajstić information content (AvgIpc) is 3.21. The number of phenols is 1. The molecular formula is C28H33N5O4S. The molecule has 0 bridgehead atoms. The highest BCUT2D eigenvalue weighted by Gasteiger charge is 2.28. The summed E-state index contributed by atoms with van der Waals surface area (Å²) in [4.78, 5) is 13.1. The van der Waals surface area contributed by atoms with Crippen molar-refractivity contribution in [2.45, 2.75) is 51.3 Å². The standard InChI is InChI=1S/C28H33N5O4S/c1-4-6-17-32(18-7-5-2)38(36,37)25-19-24(34)27(23-16-12-11-15-22(23)25)30-29-26-20(3)31-33(28(26)35)21-13-9-8-10-14-21/h8-16,19,31,34H,4-7,17-18H2,1-3H3. The lowest BCUT2D eigenvalue weighted by atomic mass is 10.1. The van der Waals surface area contributed by atoms with Gasteiger partial charge in [0.2, 0.25) is 10.0 Å². The number of rotatable bonds is 11. The summed E-state index contributed by atoms with van der Waals surface area (Å²) in [6.07, 6.45) is 3.23. The van der Waals surface area contributed by atoms with Gasteiger partial charge in [0.15, 0.2) is 5.69 Å². The molecule has 38 heavy (non-hydrogen) atoms. The van der Waals surface area contributed by atoms with E-state index in [2.05, 4.69) is 15.3 Å². The largest absolute Gasteiger partial charge is 0.506 e. The van der Waals surface area contributed by atoms with E-state index in [9.17, 15) is 18.3 Å². The number of unbranched alkanes of at least 4 members (excludes halogenated alkanes) is 2. The first-order chi connectivity index (χ1) is 18.3. The fraction of sp³-hybridized carbons (Fsp3) is 0.321. The first-order valence-electron chi connectivity index (χ1n) is 12.8. The van der Waals surface area contributed by atoms with Crippen LogP contribution in [0.3, 0.4) is 0 Å². The highest BCUT2D eigenvalue weighted by molar-refractivity contribution is 7.89. The summed E-state index contributed by atoms with van der Waals surface area (Å²) in [5.74, 6) is -0.325. The van der Waals surface area contributed by atoms with Gasteiger partial charge in [-0.1, -0.05) is 69.2 Å². The third-order valence-corrected chi connectivity index (χ3v) is 8.34. The van der Waals surface area contributed by atoms with Gasteiger partial charge in [0, 0.05) is 29.9 Å². The van der Waals surface area contributed by atoms with E-state index in [4.69, 9.17) is 0 Å². The molecule has 0 saturated heterocycles. The number of hydrogen-bond donors (Lipinski definition) is 2. The first kappa shape index (κ1) is 27.3. The summed E-state index contributed by atoms with van der Waals surface area (Å²) in [7, 11) is -3.88. The highest BCUT2D eigenvalue weighted by atomic mass is 32.2. The number of H-pyrrole nitrogens is 1. The fourth-order valence-electron chi connectivity index (χ4n) is 4.31. The third kappa shape index (κ3) is 5.41. The Labute approximate surface area is 222 Å². The van der Waals surface area contributed by atoms with Crippen LogP contribution in [0.4, 0.5) is 11.4 Å². The van der Waals surface area contributed by atoms with Crippen molar-refractivity contribution in [3.05, 3.63) is 76.7 Å². The molecule has 2 N–H and O–H groups in total. The van der Waals surface area contributed by atoms with Gasteiger partial charge in [0.05, 0.1) is 16.3 Å². The minimum atomic E-state index is -3.88. The van der Waals surface area contributed by atoms with E-state index in [0.29, 0.717) is 35.2 Å². The van der Waals surface area contributed by atoms with Crippen LogP contribution < -0.4 is 5.56 Å². The summed E-state index contributed by atoms with van der Waals surface area (Å²) in [5, 5.41) is 23.2. The lowest BCUT2D eigenvalue weighted by Crippen LogP contribution is -2.33. The maximum absolute atomic E-state index is 13.7. The molecule has 4 rings (SSSR count). The number of nitrogens with zero attached hydrogens (tertiary/aromatic N) is 4. The number of para-hydroxylation sites is 1. The monoisotopic (exact) mass is 535 g/mol. The predicted octanol–water partition coefficient (Wildman–Crippen LogP) is 6.34. The number of aromatic amines is 1. The van der Waals surface area contributed by atoms with E-state index in [1.54, 1.807) is 43.3 Å². The van der Waals surface area contributed by atoms with Gasteiger partial charge in [-0.05, 0) is 31.9 Å². The fourth-order valence-corrected chi connectivity index (χ4v) is 6.04. The van der Waals surface area contributed by atoms with Crippen LogP contribution in [0.25, 0.3) is 16.5 Å². The Kier molecular flexibility index (Phi) is 8.43. The molecule has 1 aromatic heterocycles. The van der Waals surface area contributed by atoms with Crippen molar-refractivity contribution in [1.82, 2.24) is 14.1 Å². The number of sulfonamides is 1. The molecule has 0 atom stereocenters. The second kappa shape index (κ2) is 11.7. The number of phenolic OH excluding ortho intramolecular Hbond substituents is 1. The van der Waals surface area contributed by atoms with Gasteiger partial charge in [0.25, 0.3) is 5.56 Å². The Morgan fingerprint density at radius 1 is 0.895 bits per heavy atom. The smallest absolute Gasteiger partial charge is 0.299 e. The Balaban J connectivity index is 1.79. The van der Waals surface area contributed by atoms with E-state index in [0.717, 1.165) is 25.7 Å².